The summed E-state index contributed by atoms with van der Waals surface area (Å²) in [5.74, 6) is 0.766. The highest BCUT2D eigenvalue weighted by Gasteiger charge is 2.08. The van der Waals surface area contributed by atoms with E-state index in [0.717, 1.165) is 21.5 Å². The van der Waals surface area contributed by atoms with E-state index in [1.807, 2.05) is 30.3 Å². The van der Waals surface area contributed by atoms with Gasteiger partial charge in [0.2, 0.25) is 0 Å². The zero-order valence-electron chi connectivity index (χ0n) is 10.3. The fourth-order valence-corrected chi connectivity index (χ4v) is 2.20. The molecule has 1 aromatic carbocycles. The van der Waals surface area contributed by atoms with E-state index in [4.69, 9.17) is 22.1 Å². The van der Waals surface area contributed by atoms with Gasteiger partial charge in [-0.25, -0.2) is 0 Å². The molecule has 0 unspecified atom stereocenters. The molecule has 3 nitrogen and oxygen atoms in total. The van der Waals surface area contributed by atoms with Gasteiger partial charge < -0.3 is 10.5 Å². The molecule has 0 aliphatic heterocycles. The Hall–Kier alpha value is -1.10. The lowest BCUT2D eigenvalue weighted by atomic mass is 10.1. The molecular weight excluding hydrogens is 328 g/mol. The van der Waals surface area contributed by atoms with Crippen LogP contribution >= 0.6 is 27.5 Å². The molecule has 0 spiro atoms. The second-order valence-corrected chi connectivity index (χ2v) is 5.33. The van der Waals surface area contributed by atoms with Crippen molar-refractivity contribution in [3.8, 4) is 5.75 Å². The number of nitrogens with two attached hydrogens (primary N) is 1. The number of hydrogen-bond acceptors (Lipinski definition) is 3. The van der Waals surface area contributed by atoms with Crippen molar-refractivity contribution in [3.63, 3.8) is 0 Å². The summed E-state index contributed by atoms with van der Waals surface area (Å²) in [6.45, 7) is 0.946. The van der Waals surface area contributed by atoms with Crippen LogP contribution in [0.5, 0.6) is 5.75 Å². The molecule has 0 aliphatic carbocycles. The molecule has 2 rings (SSSR count). The molecule has 2 aromatic rings. The summed E-state index contributed by atoms with van der Waals surface area (Å²) in [6, 6.07) is 9.46. The molecule has 100 valence electrons. The normalized spacial score (nSPS) is 10.5. The molecule has 0 aliphatic rings. The summed E-state index contributed by atoms with van der Waals surface area (Å²) >= 11 is 9.50. The van der Waals surface area contributed by atoms with Crippen LogP contribution in [-0.2, 0) is 13.0 Å². The minimum Gasteiger partial charge on any atom is -0.487 e. The highest BCUT2D eigenvalue weighted by Crippen LogP contribution is 2.27. The van der Waals surface area contributed by atoms with Gasteiger partial charge in [-0.2, -0.15) is 0 Å². The van der Waals surface area contributed by atoms with Crippen molar-refractivity contribution in [1.29, 1.82) is 0 Å². The highest BCUT2D eigenvalue weighted by molar-refractivity contribution is 9.10. The molecule has 0 saturated heterocycles. The fraction of sp³-hybridized carbons (Fsp3) is 0.214. The van der Waals surface area contributed by atoms with E-state index in [1.165, 1.54) is 0 Å². The quantitative estimate of drug-likeness (QED) is 0.904. The van der Waals surface area contributed by atoms with Gasteiger partial charge in [-0.1, -0.05) is 17.7 Å². The standard InChI is InChI=1S/C14H14BrClN2O/c15-10-4-5-11(18-8-10)9-19-14-3-1-2-13(16)12(14)6-7-17/h1-5,8H,6-7,9,17H2. The maximum atomic E-state index is 6.15. The molecule has 0 atom stereocenters. The van der Waals surface area contributed by atoms with Crippen LogP contribution in [0, 0.1) is 0 Å². The van der Waals surface area contributed by atoms with Crippen LogP contribution in [0.3, 0.4) is 0 Å². The van der Waals surface area contributed by atoms with Gasteiger partial charge >= 0.3 is 0 Å². The summed E-state index contributed by atoms with van der Waals surface area (Å²) < 4.78 is 6.73. The van der Waals surface area contributed by atoms with Crippen LogP contribution in [0.4, 0.5) is 0 Å². The Kier molecular flexibility index (Phi) is 5.19. The first-order chi connectivity index (χ1) is 9.20. The lowest BCUT2D eigenvalue weighted by molar-refractivity contribution is 0.298. The molecule has 19 heavy (non-hydrogen) atoms. The molecule has 0 bridgehead atoms. The topological polar surface area (TPSA) is 48.1 Å². The largest absolute Gasteiger partial charge is 0.487 e. The van der Waals surface area contributed by atoms with Crippen molar-refractivity contribution < 1.29 is 4.74 Å². The molecule has 1 aromatic heterocycles. The summed E-state index contributed by atoms with van der Waals surface area (Å²) in [6.07, 6.45) is 2.44. The predicted molar refractivity (Wildman–Crippen MR) is 80.5 cm³/mol. The summed E-state index contributed by atoms with van der Waals surface area (Å²) in [5, 5.41) is 0.687. The Morgan fingerprint density at radius 3 is 2.79 bits per heavy atom. The summed E-state index contributed by atoms with van der Waals surface area (Å²) in [4.78, 5) is 4.26. The average Bonchev–Trinajstić information content (AvgIpc) is 2.41. The van der Waals surface area contributed by atoms with E-state index >= 15 is 0 Å². The molecule has 2 N–H and O–H groups in total. The predicted octanol–water partition coefficient (Wildman–Crippen LogP) is 3.58. The second-order valence-electron chi connectivity index (χ2n) is 4.01. The van der Waals surface area contributed by atoms with E-state index < -0.39 is 0 Å². The van der Waals surface area contributed by atoms with E-state index in [0.29, 0.717) is 24.6 Å². The first-order valence-electron chi connectivity index (χ1n) is 5.91. The molecule has 5 heteroatoms. The van der Waals surface area contributed by atoms with Crippen LogP contribution in [0.25, 0.3) is 0 Å². The lowest BCUT2D eigenvalue weighted by Crippen LogP contribution is -2.06. The van der Waals surface area contributed by atoms with E-state index in [9.17, 15) is 0 Å². The third kappa shape index (κ3) is 3.93. The fourth-order valence-electron chi connectivity index (χ4n) is 1.70. The summed E-state index contributed by atoms with van der Waals surface area (Å²) in [5.41, 5.74) is 7.40. The minimum atomic E-state index is 0.408. The van der Waals surface area contributed by atoms with E-state index in [-0.39, 0.29) is 0 Å². The lowest BCUT2D eigenvalue weighted by Gasteiger charge is -2.12. The minimum absolute atomic E-state index is 0.408. The zero-order chi connectivity index (χ0) is 13.7. The average molecular weight is 342 g/mol. The van der Waals surface area contributed by atoms with Crippen molar-refractivity contribution in [1.82, 2.24) is 4.98 Å². The third-order valence-corrected chi connectivity index (χ3v) is 3.46. The maximum absolute atomic E-state index is 6.15. The number of rotatable bonds is 5. The zero-order valence-corrected chi connectivity index (χ0v) is 12.6. The molecule has 0 radical (unpaired) electrons. The van der Waals surface area contributed by atoms with Gasteiger partial charge in [0.1, 0.15) is 12.4 Å². The first kappa shape index (κ1) is 14.3. The van der Waals surface area contributed by atoms with Gasteiger partial charge in [-0.05, 0) is 53.2 Å². The molecular formula is C14H14BrClN2O. The molecule has 1 heterocycles. The van der Waals surface area contributed by atoms with Crippen molar-refractivity contribution in [3.05, 3.63) is 57.3 Å². The number of halogens is 2. The van der Waals surface area contributed by atoms with Crippen LogP contribution in [0.1, 0.15) is 11.3 Å². The second kappa shape index (κ2) is 6.89. The number of nitrogens with zero attached hydrogens (tertiary/aromatic N) is 1. The van der Waals surface area contributed by atoms with E-state index in [2.05, 4.69) is 20.9 Å². The Morgan fingerprint density at radius 1 is 1.26 bits per heavy atom. The monoisotopic (exact) mass is 340 g/mol. The van der Waals surface area contributed by atoms with Crippen LogP contribution in [0.2, 0.25) is 5.02 Å². The maximum Gasteiger partial charge on any atom is 0.130 e. The Morgan fingerprint density at radius 2 is 2.11 bits per heavy atom. The number of pyridine rings is 1. The van der Waals surface area contributed by atoms with Crippen molar-refractivity contribution >= 4 is 27.5 Å². The Balaban J connectivity index is 2.10. The summed E-state index contributed by atoms with van der Waals surface area (Å²) in [7, 11) is 0. The molecule has 0 amide bonds. The van der Waals surface area contributed by atoms with Crippen molar-refractivity contribution in [2.45, 2.75) is 13.0 Å². The van der Waals surface area contributed by atoms with Gasteiger partial charge in [0.15, 0.2) is 0 Å². The van der Waals surface area contributed by atoms with Crippen LogP contribution in [-0.4, -0.2) is 11.5 Å². The highest BCUT2D eigenvalue weighted by atomic mass is 79.9. The SMILES string of the molecule is NCCc1c(Cl)cccc1OCc1ccc(Br)cn1. The number of benzene rings is 1. The van der Waals surface area contributed by atoms with Gasteiger partial charge in [0, 0.05) is 21.3 Å². The van der Waals surface area contributed by atoms with Crippen molar-refractivity contribution in [2.24, 2.45) is 5.73 Å². The number of ether oxygens (including phenoxy) is 1. The van der Waals surface area contributed by atoms with E-state index in [1.54, 1.807) is 6.20 Å². The molecule has 0 saturated carbocycles. The van der Waals surface area contributed by atoms with Gasteiger partial charge in [-0.3, -0.25) is 4.98 Å². The first-order valence-corrected chi connectivity index (χ1v) is 7.08. The number of hydrogen-bond donors (Lipinski definition) is 1. The van der Waals surface area contributed by atoms with Gasteiger partial charge in [-0.15, -0.1) is 0 Å². The number of aromatic nitrogens is 1. The smallest absolute Gasteiger partial charge is 0.130 e. The van der Waals surface area contributed by atoms with Crippen LogP contribution < -0.4 is 10.5 Å². The van der Waals surface area contributed by atoms with Crippen LogP contribution in [0.15, 0.2) is 41.0 Å². The Labute approximate surface area is 125 Å². The van der Waals surface area contributed by atoms with Crippen molar-refractivity contribution in [2.75, 3.05) is 6.54 Å². The molecule has 0 fully saturated rings. The Bertz CT molecular complexity index is 546. The third-order valence-electron chi connectivity index (χ3n) is 2.63. The van der Waals surface area contributed by atoms with Gasteiger partial charge in [0.05, 0.1) is 5.69 Å². The van der Waals surface area contributed by atoms with Gasteiger partial charge in [0.25, 0.3) is 0 Å².